The predicted octanol–water partition coefficient (Wildman–Crippen LogP) is 3.83. The van der Waals surface area contributed by atoms with E-state index in [0.29, 0.717) is 16.5 Å². The van der Waals surface area contributed by atoms with Gasteiger partial charge >= 0.3 is 0 Å². The van der Waals surface area contributed by atoms with E-state index in [1.54, 1.807) is 13.8 Å². The van der Waals surface area contributed by atoms with Crippen molar-refractivity contribution >= 4 is 17.1 Å². The zero-order valence-electron chi connectivity index (χ0n) is 13.3. The Labute approximate surface area is 143 Å². The number of aromatic nitrogens is 2. The topological polar surface area (TPSA) is 79.8 Å². The summed E-state index contributed by atoms with van der Waals surface area (Å²) in [6, 6.07) is 11.8. The van der Waals surface area contributed by atoms with Crippen molar-refractivity contribution in [1.29, 1.82) is 5.26 Å². The van der Waals surface area contributed by atoms with E-state index in [1.807, 2.05) is 35.7 Å². The Hall–Kier alpha value is -2.78. The summed E-state index contributed by atoms with van der Waals surface area (Å²) in [6.45, 7) is 3.55. The first kappa shape index (κ1) is 16.1. The summed E-state index contributed by atoms with van der Waals surface area (Å²) in [5.41, 5.74) is 3.18. The van der Waals surface area contributed by atoms with Gasteiger partial charge in [-0.3, -0.25) is 4.79 Å². The van der Waals surface area contributed by atoms with Crippen molar-refractivity contribution in [3.63, 3.8) is 0 Å². The van der Waals surface area contributed by atoms with Crippen molar-refractivity contribution in [3.05, 3.63) is 57.7 Å². The Morgan fingerprint density at radius 3 is 2.71 bits per heavy atom. The molecule has 0 aliphatic heterocycles. The maximum Gasteiger partial charge on any atom is 0.161 e. The van der Waals surface area contributed by atoms with Gasteiger partial charge in [-0.05, 0) is 13.8 Å². The normalized spacial score (nSPS) is 11.9. The van der Waals surface area contributed by atoms with Crippen LogP contribution in [0.1, 0.15) is 27.9 Å². The van der Waals surface area contributed by atoms with Gasteiger partial charge in [-0.15, -0.1) is 11.3 Å². The number of hydrogen-bond acceptors (Lipinski definition) is 6. The van der Waals surface area contributed by atoms with E-state index in [1.165, 1.54) is 11.3 Å². The number of ketones is 1. The summed E-state index contributed by atoms with van der Waals surface area (Å²) in [7, 11) is 0. The fourth-order valence-electron chi connectivity index (χ4n) is 2.46. The van der Waals surface area contributed by atoms with Gasteiger partial charge in [-0.1, -0.05) is 35.5 Å². The fraction of sp³-hybridized carbons (Fsp3) is 0.222. The number of benzene rings is 1. The number of nitriles is 1. The van der Waals surface area contributed by atoms with E-state index in [0.717, 1.165) is 16.8 Å². The number of carbonyl (C=O) groups is 1. The van der Waals surface area contributed by atoms with Crippen molar-refractivity contribution in [2.45, 2.75) is 26.2 Å². The molecule has 0 radical (unpaired) electrons. The van der Waals surface area contributed by atoms with Crippen LogP contribution in [0.25, 0.3) is 11.3 Å². The number of thiazole rings is 1. The molecule has 24 heavy (non-hydrogen) atoms. The van der Waals surface area contributed by atoms with Crippen LogP contribution in [-0.4, -0.2) is 15.9 Å². The van der Waals surface area contributed by atoms with Crippen LogP contribution in [0.4, 0.5) is 0 Å². The van der Waals surface area contributed by atoms with E-state index in [9.17, 15) is 10.1 Å². The molecule has 0 bridgehead atoms. The summed E-state index contributed by atoms with van der Waals surface area (Å²) < 4.78 is 5.08. The second-order valence-corrected chi connectivity index (χ2v) is 6.33. The van der Waals surface area contributed by atoms with Gasteiger partial charge in [0, 0.05) is 22.9 Å². The van der Waals surface area contributed by atoms with Crippen LogP contribution < -0.4 is 0 Å². The molecule has 0 saturated carbocycles. The zero-order chi connectivity index (χ0) is 17.1. The van der Waals surface area contributed by atoms with Crippen molar-refractivity contribution < 1.29 is 9.32 Å². The molecule has 1 atom stereocenters. The van der Waals surface area contributed by atoms with E-state index >= 15 is 0 Å². The maximum absolute atomic E-state index is 12.6. The average Bonchev–Trinajstić information content (AvgIpc) is 3.19. The van der Waals surface area contributed by atoms with Crippen LogP contribution >= 0.6 is 11.3 Å². The first-order valence-corrected chi connectivity index (χ1v) is 8.33. The van der Waals surface area contributed by atoms with Gasteiger partial charge in [0.1, 0.15) is 10.8 Å². The number of Topliss-reactive ketones (excluding diaryl/α,β-unsaturated/α-hetero) is 1. The minimum atomic E-state index is -0.874. The van der Waals surface area contributed by atoms with Gasteiger partial charge in [0.2, 0.25) is 0 Å². The monoisotopic (exact) mass is 337 g/mol. The Kier molecular flexibility index (Phi) is 4.54. The SMILES string of the molecule is Cc1noc(C)c1CC(=O)[C@@H](C#N)c1nc(-c2ccccc2)cs1. The predicted molar refractivity (Wildman–Crippen MR) is 90.6 cm³/mol. The second kappa shape index (κ2) is 6.77. The van der Waals surface area contributed by atoms with Crippen LogP contribution in [0.2, 0.25) is 0 Å². The molecule has 120 valence electrons. The summed E-state index contributed by atoms with van der Waals surface area (Å²) in [5.74, 6) is -0.455. The number of nitrogens with zero attached hydrogens (tertiary/aromatic N) is 3. The third-order valence-corrected chi connectivity index (χ3v) is 4.73. The van der Waals surface area contributed by atoms with E-state index in [-0.39, 0.29) is 12.2 Å². The van der Waals surface area contributed by atoms with Crippen LogP contribution in [-0.2, 0) is 11.2 Å². The molecule has 0 aliphatic carbocycles. The molecule has 1 aromatic carbocycles. The summed E-state index contributed by atoms with van der Waals surface area (Å²) >= 11 is 1.33. The molecule has 0 fully saturated rings. The Balaban J connectivity index is 1.83. The average molecular weight is 337 g/mol. The second-order valence-electron chi connectivity index (χ2n) is 5.44. The fourth-order valence-corrected chi connectivity index (χ4v) is 3.35. The smallest absolute Gasteiger partial charge is 0.161 e. The first-order chi connectivity index (χ1) is 11.6. The first-order valence-electron chi connectivity index (χ1n) is 7.45. The van der Waals surface area contributed by atoms with Crippen molar-refractivity contribution in [1.82, 2.24) is 10.1 Å². The third-order valence-electron chi connectivity index (χ3n) is 3.82. The summed E-state index contributed by atoms with van der Waals surface area (Å²) in [5, 5.41) is 15.7. The number of hydrogen-bond donors (Lipinski definition) is 0. The summed E-state index contributed by atoms with van der Waals surface area (Å²) in [4.78, 5) is 17.1. The molecule has 3 aromatic rings. The minimum absolute atomic E-state index is 0.125. The van der Waals surface area contributed by atoms with Crippen molar-refractivity contribution in [2.75, 3.05) is 0 Å². The van der Waals surface area contributed by atoms with Crippen LogP contribution in [0.3, 0.4) is 0 Å². The minimum Gasteiger partial charge on any atom is -0.361 e. The lowest BCUT2D eigenvalue weighted by Gasteiger charge is -2.05. The summed E-state index contributed by atoms with van der Waals surface area (Å²) in [6.07, 6.45) is 0.125. The lowest BCUT2D eigenvalue weighted by molar-refractivity contribution is -0.118. The van der Waals surface area contributed by atoms with Gasteiger partial charge in [0.05, 0.1) is 17.5 Å². The highest BCUT2D eigenvalue weighted by atomic mass is 32.1. The Bertz CT molecular complexity index is 886. The van der Waals surface area contributed by atoms with Crippen LogP contribution in [0.5, 0.6) is 0 Å². The van der Waals surface area contributed by atoms with E-state index in [4.69, 9.17) is 4.52 Å². The molecule has 0 unspecified atom stereocenters. The molecule has 0 N–H and O–H groups in total. The van der Waals surface area contributed by atoms with E-state index < -0.39 is 5.92 Å². The molecule has 0 spiro atoms. The van der Waals surface area contributed by atoms with Gasteiger partial charge in [-0.25, -0.2) is 4.98 Å². The van der Waals surface area contributed by atoms with Crippen LogP contribution in [0.15, 0.2) is 40.2 Å². The Morgan fingerprint density at radius 2 is 2.08 bits per heavy atom. The van der Waals surface area contributed by atoms with E-state index in [2.05, 4.69) is 16.2 Å². The molecule has 6 heteroatoms. The molecule has 5 nitrogen and oxygen atoms in total. The molecular formula is C18H15N3O2S. The highest BCUT2D eigenvalue weighted by Gasteiger charge is 2.26. The van der Waals surface area contributed by atoms with Gasteiger partial charge < -0.3 is 4.52 Å². The number of aryl methyl sites for hydroxylation is 2. The standard InChI is InChI=1S/C18H15N3O2S/c1-11-14(12(2)23-21-11)8-17(22)15(9-19)18-20-16(10-24-18)13-6-4-3-5-7-13/h3-7,10,15H,8H2,1-2H3/t15-/m1/s1. The van der Waals surface area contributed by atoms with Crippen molar-refractivity contribution in [3.8, 4) is 17.3 Å². The lowest BCUT2D eigenvalue weighted by Crippen LogP contribution is -2.14. The molecule has 3 rings (SSSR count). The largest absolute Gasteiger partial charge is 0.361 e. The molecular weight excluding hydrogens is 322 g/mol. The number of carbonyl (C=O) groups excluding carboxylic acids is 1. The van der Waals surface area contributed by atoms with Gasteiger partial charge in [-0.2, -0.15) is 5.26 Å². The molecule has 0 saturated heterocycles. The molecule has 2 aromatic heterocycles. The molecule has 0 amide bonds. The van der Waals surface area contributed by atoms with Crippen LogP contribution in [0, 0.1) is 25.2 Å². The van der Waals surface area contributed by atoms with Gasteiger partial charge in [0.15, 0.2) is 11.7 Å². The third kappa shape index (κ3) is 3.12. The number of rotatable bonds is 5. The van der Waals surface area contributed by atoms with Gasteiger partial charge in [0.25, 0.3) is 0 Å². The lowest BCUT2D eigenvalue weighted by atomic mass is 9.98. The highest BCUT2D eigenvalue weighted by Crippen LogP contribution is 2.28. The Morgan fingerprint density at radius 1 is 1.33 bits per heavy atom. The molecule has 0 aliphatic rings. The maximum atomic E-state index is 12.6. The zero-order valence-corrected chi connectivity index (χ0v) is 14.1. The molecule has 2 heterocycles. The quantitative estimate of drug-likeness (QED) is 0.707. The van der Waals surface area contributed by atoms with Crippen molar-refractivity contribution in [2.24, 2.45) is 0 Å². The highest BCUT2D eigenvalue weighted by molar-refractivity contribution is 7.10.